The summed E-state index contributed by atoms with van der Waals surface area (Å²) < 4.78 is 12.8. The van der Waals surface area contributed by atoms with Gasteiger partial charge in [0.1, 0.15) is 5.82 Å². The Bertz CT molecular complexity index is 340. The van der Waals surface area contributed by atoms with Gasteiger partial charge < -0.3 is 5.32 Å². The molecule has 14 heavy (non-hydrogen) atoms. The summed E-state index contributed by atoms with van der Waals surface area (Å²) in [5.74, 6) is 0.721. The minimum atomic E-state index is -0.266. The van der Waals surface area contributed by atoms with Crippen molar-refractivity contribution in [2.45, 2.75) is 12.8 Å². The molecule has 2 atom stereocenters. The molecular weight excluding hydrogens is 201 g/mol. The van der Waals surface area contributed by atoms with Crippen molar-refractivity contribution in [3.8, 4) is 0 Å². The highest BCUT2D eigenvalue weighted by molar-refractivity contribution is 6.31. The fourth-order valence-corrected chi connectivity index (χ4v) is 2.34. The van der Waals surface area contributed by atoms with Crippen molar-refractivity contribution >= 4 is 11.6 Å². The molecule has 1 aliphatic heterocycles. The van der Waals surface area contributed by atoms with Crippen LogP contribution in [0.2, 0.25) is 5.02 Å². The third kappa shape index (κ3) is 1.77. The smallest absolute Gasteiger partial charge is 0.124 e. The summed E-state index contributed by atoms with van der Waals surface area (Å²) >= 11 is 6.01. The minimum absolute atomic E-state index is 0.266. The van der Waals surface area contributed by atoms with Crippen LogP contribution < -0.4 is 5.32 Å². The molecule has 0 bridgehead atoms. The lowest BCUT2D eigenvalue weighted by molar-refractivity contribution is 0.569. The van der Waals surface area contributed by atoms with Crippen molar-refractivity contribution in [2.75, 3.05) is 13.1 Å². The molecule has 1 aromatic carbocycles. The second-order valence-electron chi connectivity index (χ2n) is 3.91. The summed E-state index contributed by atoms with van der Waals surface area (Å²) in [5, 5.41) is 3.86. The van der Waals surface area contributed by atoms with Crippen LogP contribution in [0.25, 0.3) is 0 Å². The van der Waals surface area contributed by atoms with Crippen molar-refractivity contribution in [3.05, 3.63) is 34.6 Å². The zero-order chi connectivity index (χ0) is 10.1. The quantitative estimate of drug-likeness (QED) is 0.757. The third-order valence-electron chi connectivity index (χ3n) is 2.88. The van der Waals surface area contributed by atoms with E-state index in [2.05, 4.69) is 12.2 Å². The molecule has 1 N–H and O–H groups in total. The molecule has 1 aliphatic rings. The van der Waals surface area contributed by atoms with E-state index >= 15 is 0 Å². The van der Waals surface area contributed by atoms with E-state index in [4.69, 9.17) is 11.6 Å². The molecule has 0 aromatic heterocycles. The van der Waals surface area contributed by atoms with Gasteiger partial charge in [-0.25, -0.2) is 4.39 Å². The molecule has 0 amide bonds. The highest BCUT2D eigenvalue weighted by Crippen LogP contribution is 2.32. The molecule has 76 valence electrons. The zero-order valence-electron chi connectivity index (χ0n) is 8.06. The summed E-state index contributed by atoms with van der Waals surface area (Å²) in [4.78, 5) is 0. The number of hydrogen-bond acceptors (Lipinski definition) is 1. The maximum absolute atomic E-state index is 12.8. The lowest BCUT2D eigenvalue weighted by atomic mass is 9.90. The van der Waals surface area contributed by atoms with Crippen LogP contribution in [0.5, 0.6) is 0 Å². The van der Waals surface area contributed by atoms with Crippen LogP contribution in [0.1, 0.15) is 18.4 Å². The predicted octanol–water partition coefficient (Wildman–Crippen LogP) is 2.80. The molecule has 3 heteroatoms. The number of halogens is 2. The first-order valence-corrected chi connectivity index (χ1v) is 5.22. The normalized spacial score (nSPS) is 26.8. The summed E-state index contributed by atoms with van der Waals surface area (Å²) in [6.45, 7) is 4.13. The summed E-state index contributed by atoms with van der Waals surface area (Å²) in [6, 6.07) is 4.67. The van der Waals surface area contributed by atoms with Gasteiger partial charge in [0.05, 0.1) is 0 Å². The lowest BCUT2D eigenvalue weighted by Crippen LogP contribution is -2.08. The first-order chi connectivity index (χ1) is 6.68. The number of nitrogens with one attached hydrogen (secondary N) is 1. The van der Waals surface area contributed by atoms with Gasteiger partial charge in [-0.3, -0.25) is 0 Å². The van der Waals surface area contributed by atoms with Gasteiger partial charge in [0.2, 0.25) is 0 Å². The van der Waals surface area contributed by atoms with E-state index in [9.17, 15) is 4.39 Å². The molecule has 1 aromatic rings. The third-order valence-corrected chi connectivity index (χ3v) is 3.21. The van der Waals surface area contributed by atoms with Crippen LogP contribution in [-0.4, -0.2) is 13.1 Å². The first-order valence-electron chi connectivity index (χ1n) is 4.84. The van der Waals surface area contributed by atoms with E-state index in [0.29, 0.717) is 16.9 Å². The molecule has 1 unspecified atom stereocenters. The van der Waals surface area contributed by atoms with Gasteiger partial charge in [0.15, 0.2) is 0 Å². The minimum Gasteiger partial charge on any atom is -0.316 e. The fourth-order valence-electron chi connectivity index (χ4n) is 2.03. The average Bonchev–Trinajstić information content (AvgIpc) is 2.52. The second-order valence-corrected chi connectivity index (χ2v) is 4.32. The Labute approximate surface area is 88.3 Å². The Balaban J connectivity index is 2.31. The maximum atomic E-state index is 12.8. The van der Waals surface area contributed by atoms with E-state index in [-0.39, 0.29) is 5.82 Å². The standard InChI is InChI=1S/C11H13ClFN/c1-7-5-14-6-10(7)9-3-2-8(13)4-11(9)12/h2-4,7,10,14H,5-6H2,1H3/t7-,10?/m0/s1. The van der Waals surface area contributed by atoms with Crippen LogP contribution in [0.4, 0.5) is 4.39 Å². The molecule has 0 saturated carbocycles. The zero-order valence-corrected chi connectivity index (χ0v) is 8.81. The number of benzene rings is 1. The molecule has 2 rings (SSSR count). The van der Waals surface area contributed by atoms with Crippen molar-refractivity contribution in [2.24, 2.45) is 5.92 Å². The van der Waals surface area contributed by atoms with Crippen molar-refractivity contribution in [1.82, 2.24) is 5.32 Å². The molecule has 0 radical (unpaired) electrons. The second kappa shape index (κ2) is 3.87. The highest BCUT2D eigenvalue weighted by Gasteiger charge is 2.26. The fraction of sp³-hybridized carbons (Fsp3) is 0.455. The van der Waals surface area contributed by atoms with Crippen LogP contribution in [0, 0.1) is 11.7 Å². The van der Waals surface area contributed by atoms with Crippen LogP contribution >= 0.6 is 11.6 Å². The Morgan fingerprint density at radius 2 is 2.21 bits per heavy atom. The van der Waals surface area contributed by atoms with Crippen LogP contribution in [0.3, 0.4) is 0 Å². The highest BCUT2D eigenvalue weighted by atomic mass is 35.5. The van der Waals surface area contributed by atoms with E-state index in [1.165, 1.54) is 12.1 Å². The average molecular weight is 214 g/mol. The van der Waals surface area contributed by atoms with E-state index < -0.39 is 0 Å². The monoisotopic (exact) mass is 213 g/mol. The largest absolute Gasteiger partial charge is 0.316 e. The molecule has 0 aliphatic carbocycles. The SMILES string of the molecule is C[C@H]1CNCC1c1ccc(F)cc1Cl. The van der Waals surface area contributed by atoms with Crippen molar-refractivity contribution in [3.63, 3.8) is 0 Å². The Kier molecular flexibility index (Phi) is 2.75. The Morgan fingerprint density at radius 1 is 1.43 bits per heavy atom. The number of rotatable bonds is 1. The molecular formula is C11H13ClFN. The van der Waals surface area contributed by atoms with Crippen molar-refractivity contribution in [1.29, 1.82) is 0 Å². The van der Waals surface area contributed by atoms with E-state index in [0.717, 1.165) is 18.7 Å². The predicted molar refractivity (Wildman–Crippen MR) is 56.2 cm³/mol. The van der Waals surface area contributed by atoms with E-state index in [1.54, 1.807) is 6.07 Å². The first kappa shape index (κ1) is 9.94. The maximum Gasteiger partial charge on any atom is 0.124 e. The molecule has 1 saturated heterocycles. The Hall–Kier alpha value is -0.600. The molecule has 1 nitrogen and oxygen atoms in total. The molecule has 1 fully saturated rings. The summed E-state index contributed by atoms with van der Waals surface area (Å²) in [5.41, 5.74) is 1.06. The summed E-state index contributed by atoms with van der Waals surface area (Å²) in [6.07, 6.45) is 0. The van der Waals surface area contributed by atoms with Gasteiger partial charge >= 0.3 is 0 Å². The van der Waals surface area contributed by atoms with E-state index in [1.807, 2.05) is 0 Å². The topological polar surface area (TPSA) is 12.0 Å². The van der Waals surface area contributed by atoms with Gasteiger partial charge in [-0.05, 0) is 30.2 Å². The Morgan fingerprint density at radius 3 is 2.79 bits per heavy atom. The van der Waals surface area contributed by atoms with Gasteiger partial charge in [0, 0.05) is 17.5 Å². The van der Waals surface area contributed by atoms with Crippen LogP contribution in [-0.2, 0) is 0 Å². The lowest BCUT2D eigenvalue weighted by Gasteiger charge is -2.15. The summed E-state index contributed by atoms with van der Waals surface area (Å²) in [7, 11) is 0. The van der Waals surface area contributed by atoms with Crippen molar-refractivity contribution < 1.29 is 4.39 Å². The molecule has 1 heterocycles. The molecule has 0 spiro atoms. The van der Waals surface area contributed by atoms with Gasteiger partial charge in [-0.15, -0.1) is 0 Å². The van der Waals surface area contributed by atoms with Gasteiger partial charge in [-0.1, -0.05) is 24.6 Å². The van der Waals surface area contributed by atoms with Gasteiger partial charge in [-0.2, -0.15) is 0 Å². The van der Waals surface area contributed by atoms with Gasteiger partial charge in [0.25, 0.3) is 0 Å². The number of hydrogen-bond donors (Lipinski definition) is 1. The van der Waals surface area contributed by atoms with Crippen LogP contribution in [0.15, 0.2) is 18.2 Å².